The molecule has 2 aliphatic heterocycles. The molecular weight excluding hydrogens is 370 g/mol. The summed E-state index contributed by atoms with van der Waals surface area (Å²) in [5.41, 5.74) is 1.60. The van der Waals surface area contributed by atoms with Crippen LogP contribution < -0.4 is 0 Å². The normalized spacial score (nSPS) is 20.8. The molecule has 3 heterocycles. The van der Waals surface area contributed by atoms with E-state index >= 15 is 0 Å². The summed E-state index contributed by atoms with van der Waals surface area (Å²) in [5.74, 6) is 1.44. The minimum absolute atomic E-state index is 0.162. The Kier molecular flexibility index (Phi) is 5.58. The number of hydrogen-bond acceptors (Lipinski definition) is 6. The van der Waals surface area contributed by atoms with Crippen molar-refractivity contribution in [1.82, 2.24) is 15.0 Å². The average Bonchev–Trinajstić information content (AvgIpc) is 3.39. The minimum atomic E-state index is -0.478. The van der Waals surface area contributed by atoms with E-state index in [1.807, 2.05) is 32.9 Å². The van der Waals surface area contributed by atoms with Crippen molar-refractivity contribution in [2.75, 3.05) is 19.7 Å². The monoisotopic (exact) mass is 399 g/mol. The number of aromatic nitrogens is 2. The van der Waals surface area contributed by atoms with Gasteiger partial charge in [-0.15, -0.1) is 0 Å². The van der Waals surface area contributed by atoms with Crippen LogP contribution in [0, 0.1) is 0 Å². The number of ether oxygens (including phenoxy) is 2. The molecule has 2 saturated heterocycles. The summed E-state index contributed by atoms with van der Waals surface area (Å²) >= 11 is 0. The van der Waals surface area contributed by atoms with Gasteiger partial charge in [-0.25, -0.2) is 4.79 Å². The zero-order valence-electron chi connectivity index (χ0n) is 17.4. The van der Waals surface area contributed by atoms with E-state index in [9.17, 15) is 4.79 Å². The molecule has 0 saturated carbocycles. The van der Waals surface area contributed by atoms with Crippen LogP contribution in [0.25, 0.3) is 11.5 Å². The Morgan fingerprint density at radius 1 is 1.21 bits per heavy atom. The molecule has 2 aliphatic rings. The van der Waals surface area contributed by atoms with Gasteiger partial charge in [0.05, 0.1) is 6.10 Å². The molecule has 0 N–H and O–H groups in total. The van der Waals surface area contributed by atoms with Crippen molar-refractivity contribution in [3.05, 3.63) is 35.7 Å². The quantitative estimate of drug-likeness (QED) is 0.744. The number of amides is 1. The average molecular weight is 399 g/mol. The smallest absolute Gasteiger partial charge is 0.410 e. The summed E-state index contributed by atoms with van der Waals surface area (Å²) in [4.78, 5) is 18.6. The number of rotatable bonds is 3. The van der Waals surface area contributed by atoms with Gasteiger partial charge in [-0.1, -0.05) is 17.3 Å². The second-order valence-corrected chi connectivity index (χ2v) is 8.83. The molecular formula is C22H29N3O4. The van der Waals surface area contributed by atoms with Gasteiger partial charge in [-0.2, -0.15) is 4.98 Å². The first-order chi connectivity index (χ1) is 13.9. The van der Waals surface area contributed by atoms with E-state index < -0.39 is 5.60 Å². The van der Waals surface area contributed by atoms with Crippen LogP contribution in [0.5, 0.6) is 0 Å². The lowest BCUT2D eigenvalue weighted by atomic mass is 9.96. The van der Waals surface area contributed by atoms with Crippen molar-refractivity contribution < 1.29 is 18.8 Å². The largest absolute Gasteiger partial charge is 0.444 e. The first-order valence-electron chi connectivity index (χ1n) is 10.4. The molecule has 1 unspecified atom stereocenters. The van der Waals surface area contributed by atoms with E-state index in [1.165, 1.54) is 0 Å². The van der Waals surface area contributed by atoms with E-state index in [0.29, 0.717) is 24.8 Å². The maximum atomic E-state index is 12.2. The van der Waals surface area contributed by atoms with Crippen molar-refractivity contribution in [3.8, 4) is 11.5 Å². The molecule has 0 radical (unpaired) electrons. The van der Waals surface area contributed by atoms with E-state index in [-0.39, 0.29) is 18.1 Å². The van der Waals surface area contributed by atoms with Crippen molar-refractivity contribution in [2.24, 2.45) is 0 Å². The Morgan fingerprint density at radius 3 is 2.69 bits per heavy atom. The maximum absolute atomic E-state index is 12.2. The molecule has 7 heteroatoms. The molecule has 1 amide bonds. The van der Waals surface area contributed by atoms with Crippen LogP contribution in [0.15, 0.2) is 28.8 Å². The number of nitrogens with zero attached hydrogens (tertiary/aromatic N) is 3. The van der Waals surface area contributed by atoms with Gasteiger partial charge >= 0.3 is 6.09 Å². The molecule has 2 fully saturated rings. The predicted molar refractivity (Wildman–Crippen MR) is 107 cm³/mol. The molecule has 2 aromatic rings. The van der Waals surface area contributed by atoms with Gasteiger partial charge in [-0.05, 0) is 64.2 Å². The van der Waals surface area contributed by atoms with E-state index in [0.717, 1.165) is 43.4 Å². The molecule has 0 aliphatic carbocycles. The highest BCUT2D eigenvalue weighted by Crippen LogP contribution is 2.32. The highest BCUT2D eigenvalue weighted by Gasteiger charge is 2.30. The lowest BCUT2D eigenvalue weighted by Gasteiger charge is -2.32. The van der Waals surface area contributed by atoms with Gasteiger partial charge in [0.15, 0.2) is 5.82 Å². The van der Waals surface area contributed by atoms with E-state index in [4.69, 9.17) is 14.0 Å². The number of carbonyl (C=O) groups is 1. The molecule has 0 spiro atoms. The van der Waals surface area contributed by atoms with E-state index in [2.05, 4.69) is 22.3 Å². The van der Waals surface area contributed by atoms with Crippen LogP contribution in [0.4, 0.5) is 4.79 Å². The number of benzene rings is 1. The van der Waals surface area contributed by atoms with Crippen LogP contribution in [0.2, 0.25) is 0 Å². The molecule has 156 valence electrons. The van der Waals surface area contributed by atoms with Gasteiger partial charge in [-0.3, -0.25) is 0 Å². The summed E-state index contributed by atoms with van der Waals surface area (Å²) in [6.45, 7) is 7.74. The third-order valence-corrected chi connectivity index (χ3v) is 5.39. The number of carbonyl (C=O) groups excluding carboxylic acids is 1. The molecule has 1 atom stereocenters. The summed E-state index contributed by atoms with van der Waals surface area (Å²) in [5, 5.41) is 4.22. The minimum Gasteiger partial charge on any atom is -0.444 e. The van der Waals surface area contributed by atoms with Crippen molar-refractivity contribution in [3.63, 3.8) is 0 Å². The first-order valence-corrected chi connectivity index (χ1v) is 10.4. The SMILES string of the molecule is CC(C)(C)OC(=O)N1CCC(c2noc(-c3cccc(C4CCCO4)c3)n2)CC1. The summed E-state index contributed by atoms with van der Waals surface area (Å²) < 4.78 is 16.8. The standard InChI is InChI=1S/C22H29N3O4/c1-22(2,3)28-21(26)25-11-9-15(10-12-25)19-23-20(29-24-19)17-7-4-6-16(14-17)18-8-5-13-27-18/h4,6-7,14-15,18H,5,8-13H2,1-3H3. The second-order valence-electron chi connectivity index (χ2n) is 8.83. The van der Waals surface area contributed by atoms with Crippen LogP contribution in [-0.4, -0.2) is 46.4 Å². The number of piperidine rings is 1. The highest BCUT2D eigenvalue weighted by molar-refractivity contribution is 5.68. The fourth-order valence-electron chi connectivity index (χ4n) is 3.88. The number of hydrogen-bond donors (Lipinski definition) is 0. The molecule has 7 nitrogen and oxygen atoms in total. The Bertz CT molecular complexity index is 844. The lowest BCUT2D eigenvalue weighted by molar-refractivity contribution is 0.0203. The van der Waals surface area contributed by atoms with Crippen LogP contribution in [-0.2, 0) is 9.47 Å². The van der Waals surface area contributed by atoms with Crippen LogP contribution in [0.1, 0.15) is 69.9 Å². The fraction of sp³-hybridized carbons (Fsp3) is 0.591. The zero-order valence-corrected chi connectivity index (χ0v) is 17.4. The van der Waals surface area contributed by atoms with Crippen molar-refractivity contribution in [1.29, 1.82) is 0 Å². The molecule has 29 heavy (non-hydrogen) atoms. The van der Waals surface area contributed by atoms with Crippen LogP contribution >= 0.6 is 0 Å². The second kappa shape index (κ2) is 8.14. The Labute approximate surface area is 171 Å². The predicted octanol–water partition coefficient (Wildman–Crippen LogP) is 4.70. The fourth-order valence-corrected chi connectivity index (χ4v) is 3.88. The van der Waals surface area contributed by atoms with Gasteiger partial charge in [0.1, 0.15) is 5.60 Å². The maximum Gasteiger partial charge on any atom is 0.410 e. The van der Waals surface area contributed by atoms with Gasteiger partial charge in [0.25, 0.3) is 5.89 Å². The van der Waals surface area contributed by atoms with Crippen LogP contribution in [0.3, 0.4) is 0 Å². The summed E-state index contributed by atoms with van der Waals surface area (Å²) in [7, 11) is 0. The molecule has 1 aromatic carbocycles. The third-order valence-electron chi connectivity index (χ3n) is 5.39. The molecule has 0 bridgehead atoms. The third kappa shape index (κ3) is 4.78. The Balaban J connectivity index is 1.39. The first kappa shape index (κ1) is 19.9. The Hall–Kier alpha value is -2.41. The summed E-state index contributed by atoms with van der Waals surface area (Å²) in [6, 6.07) is 8.16. The zero-order chi connectivity index (χ0) is 20.4. The van der Waals surface area contributed by atoms with Gasteiger partial charge in [0, 0.05) is 31.2 Å². The molecule has 4 rings (SSSR count). The topological polar surface area (TPSA) is 77.7 Å². The highest BCUT2D eigenvalue weighted by atomic mass is 16.6. The number of likely N-dealkylation sites (tertiary alicyclic amines) is 1. The van der Waals surface area contributed by atoms with Crippen molar-refractivity contribution in [2.45, 2.75) is 64.1 Å². The molecule has 1 aromatic heterocycles. The van der Waals surface area contributed by atoms with Gasteiger partial charge in [0.2, 0.25) is 0 Å². The Morgan fingerprint density at radius 2 is 2.00 bits per heavy atom. The van der Waals surface area contributed by atoms with E-state index in [1.54, 1.807) is 4.90 Å². The van der Waals surface area contributed by atoms with Crippen molar-refractivity contribution >= 4 is 6.09 Å². The van der Waals surface area contributed by atoms with Gasteiger partial charge < -0.3 is 18.9 Å². The summed E-state index contributed by atoms with van der Waals surface area (Å²) in [6.07, 6.45) is 3.66. The lowest BCUT2D eigenvalue weighted by Crippen LogP contribution is -2.41.